The number of nitrogens with two attached hydrogens (primary N) is 1. The number of thioether (sulfide) groups is 1. The maximum Gasteiger partial charge on any atom is 0.210 e. The number of nitrogens with one attached hydrogen (secondary N) is 1. The van der Waals surface area contributed by atoms with E-state index >= 15 is 0 Å². The molecule has 0 saturated heterocycles. The van der Waals surface area contributed by atoms with Crippen LogP contribution < -0.4 is 11.1 Å². The lowest BCUT2D eigenvalue weighted by molar-refractivity contribution is 1.01. The number of anilines is 3. The third-order valence-corrected chi connectivity index (χ3v) is 6.22. The first kappa shape index (κ1) is 17.7. The van der Waals surface area contributed by atoms with Gasteiger partial charge in [0.2, 0.25) is 5.13 Å². The maximum atomic E-state index is 6.05. The van der Waals surface area contributed by atoms with E-state index in [9.17, 15) is 0 Å². The van der Waals surface area contributed by atoms with Crippen molar-refractivity contribution in [2.75, 3.05) is 11.1 Å². The van der Waals surface area contributed by atoms with Crippen LogP contribution >= 0.6 is 23.1 Å². The molecule has 6 nitrogen and oxygen atoms in total. The lowest BCUT2D eigenvalue weighted by atomic mass is 10.1. The number of para-hydroxylation sites is 1. The Kier molecular flexibility index (Phi) is 4.91. The fraction of sp³-hybridized carbons (Fsp3) is 0.158. The van der Waals surface area contributed by atoms with Gasteiger partial charge in [0, 0.05) is 11.1 Å². The number of nitrogen functional groups attached to an aromatic ring is 1. The minimum atomic E-state index is 0.505. The second-order valence-corrected chi connectivity index (χ2v) is 8.28. The fourth-order valence-electron chi connectivity index (χ4n) is 2.66. The van der Waals surface area contributed by atoms with E-state index < -0.39 is 0 Å². The largest absolute Gasteiger partial charge is 0.383 e. The summed E-state index contributed by atoms with van der Waals surface area (Å²) in [7, 11) is 0. The van der Waals surface area contributed by atoms with Crippen molar-refractivity contribution < 1.29 is 0 Å². The van der Waals surface area contributed by atoms with Crippen molar-refractivity contribution in [3.63, 3.8) is 0 Å². The van der Waals surface area contributed by atoms with Crippen LogP contribution in [0.1, 0.15) is 17.0 Å². The molecule has 0 bridgehead atoms. The Labute approximate surface area is 165 Å². The quantitative estimate of drug-likeness (QED) is 0.474. The zero-order valence-electron chi connectivity index (χ0n) is 14.9. The summed E-state index contributed by atoms with van der Waals surface area (Å²) in [4.78, 5) is 8.97. The van der Waals surface area contributed by atoms with Crippen molar-refractivity contribution in [2.24, 2.45) is 0 Å². The van der Waals surface area contributed by atoms with Crippen molar-refractivity contribution >= 4 is 50.6 Å². The molecule has 0 atom stereocenters. The molecule has 0 amide bonds. The van der Waals surface area contributed by atoms with E-state index in [-0.39, 0.29) is 0 Å². The van der Waals surface area contributed by atoms with Crippen molar-refractivity contribution in [3.05, 3.63) is 59.4 Å². The van der Waals surface area contributed by atoms with Gasteiger partial charge < -0.3 is 11.1 Å². The summed E-state index contributed by atoms with van der Waals surface area (Å²) in [6.07, 6.45) is 0. The minimum absolute atomic E-state index is 0.505. The number of fused-ring (bicyclic) bond motifs is 1. The molecule has 2 aromatic heterocycles. The normalized spacial score (nSPS) is 11.0. The fourth-order valence-corrected chi connectivity index (χ4v) is 4.28. The predicted octanol–water partition coefficient (Wildman–Crippen LogP) is 4.72. The van der Waals surface area contributed by atoms with Gasteiger partial charge in [0.15, 0.2) is 4.34 Å². The molecule has 0 radical (unpaired) electrons. The van der Waals surface area contributed by atoms with Crippen molar-refractivity contribution in [2.45, 2.75) is 23.9 Å². The highest BCUT2D eigenvalue weighted by atomic mass is 32.2. The molecule has 8 heteroatoms. The number of hydrogen-bond donors (Lipinski definition) is 2. The van der Waals surface area contributed by atoms with Crippen molar-refractivity contribution in [1.29, 1.82) is 0 Å². The first-order chi connectivity index (χ1) is 13.1. The molecule has 2 heterocycles. The molecule has 0 unspecified atom stereocenters. The highest BCUT2D eigenvalue weighted by Crippen LogP contribution is 2.31. The lowest BCUT2D eigenvalue weighted by Crippen LogP contribution is -1.99. The van der Waals surface area contributed by atoms with Crippen LogP contribution in [0.3, 0.4) is 0 Å². The van der Waals surface area contributed by atoms with Crippen LogP contribution in [-0.4, -0.2) is 20.2 Å². The molecule has 4 rings (SSSR count). The van der Waals surface area contributed by atoms with Gasteiger partial charge in [-0.15, -0.1) is 10.2 Å². The van der Waals surface area contributed by atoms with Crippen LogP contribution in [0.25, 0.3) is 10.9 Å². The number of hydrogen-bond acceptors (Lipinski definition) is 8. The van der Waals surface area contributed by atoms with Crippen LogP contribution in [0.15, 0.2) is 46.8 Å². The van der Waals surface area contributed by atoms with E-state index in [1.807, 2.05) is 36.4 Å². The van der Waals surface area contributed by atoms with Crippen LogP contribution in [0.4, 0.5) is 16.6 Å². The first-order valence-corrected chi connectivity index (χ1v) is 10.2. The summed E-state index contributed by atoms with van der Waals surface area (Å²) in [5, 5.41) is 13.5. The molecular weight excluding hydrogens is 376 g/mol. The molecule has 0 fully saturated rings. The predicted molar refractivity (Wildman–Crippen MR) is 113 cm³/mol. The van der Waals surface area contributed by atoms with Gasteiger partial charge >= 0.3 is 0 Å². The Balaban J connectivity index is 1.46. The zero-order chi connectivity index (χ0) is 18.8. The summed E-state index contributed by atoms with van der Waals surface area (Å²) in [5.74, 6) is 1.79. The summed E-state index contributed by atoms with van der Waals surface area (Å²) in [5.41, 5.74) is 10.4. The standard InChI is InChI=1S/C19H18N6S2/c1-11-6-5-9-14(12(11)2)22-18-24-25-19(27-18)26-10-16-21-15-8-4-3-7-13(15)17(20)23-16/h3-9H,10H2,1-2H3,(H,22,24)(H2,20,21,23). The smallest absolute Gasteiger partial charge is 0.210 e. The summed E-state index contributed by atoms with van der Waals surface area (Å²) in [6.45, 7) is 4.19. The molecule has 0 spiro atoms. The summed E-state index contributed by atoms with van der Waals surface area (Å²) >= 11 is 3.07. The topological polar surface area (TPSA) is 89.6 Å². The number of benzene rings is 2. The Hall–Kier alpha value is -2.71. The third-order valence-electron chi connectivity index (χ3n) is 4.26. The highest BCUT2D eigenvalue weighted by Gasteiger charge is 2.10. The Morgan fingerprint density at radius 2 is 1.89 bits per heavy atom. The third kappa shape index (κ3) is 3.86. The van der Waals surface area contributed by atoms with E-state index in [2.05, 4.69) is 45.4 Å². The second-order valence-electron chi connectivity index (χ2n) is 6.08. The van der Waals surface area contributed by atoms with Crippen LogP contribution in [0.2, 0.25) is 0 Å². The van der Waals surface area contributed by atoms with Gasteiger partial charge in [0.05, 0.1) is 11.3 Å². The van der Waals surface area contributed by atoms with Crippen LogP contribution in [0.5, 0.6) is 0 Å². The molecule has 2 aromatic carbocycles. The summed E-state index contributed by atoms with van der Waals surface area (Å²) < 4.78 is 0.859. The van der Waals surface area contributed by atoms with E-state index in [1.165, 1.54) is 22.5 Å². The molecule has 136 valence electrons. The van der Waals surface area contributed by atoms with Gasteiger partial charge in [-0.3, -0.25) is 0 Å². The van der Waals surface area contributed by atoms with Gasteiger partial charge in [-0.2, -0.15) is 0 Å². The Bertz CT molecular complexity index is 1110. The molecule has 4 aromatic rings. The lowest BCUT2D eigenvalue weighted by Gasteiger charge is -2.08. The highest BCUT2D eigenvalue weighted by molar-refractivity contribution is 8.00. The number of nitrogens with zero attached hydrogens (tertiary/aromatic N) is 4. The van der Waals surface area contributed by atoms with Crippen LogP contribution in [0, 0.1) is 13.8 Å². The van der Waals surface area contributed by atoms with Gasteiger partial charge in [0.1, 0.15) is 11.6 Å². The second kappa shape index (κ2) is 7.50. The van der Waals surface area contributed by atoms with Gasteiger partial charge in [-0.25, -0.2) is 9.97 Å². The molecule has 0 aliphatic heterocycles. The molecule has 0 aliphatic carbocycles. The SMILES string of the molecule is Cc1cccc(Nc2nnc(SCc3nc(N)c4ccccc4n3)s2)c1C. The Morgan fingerprint density at radius 3 is 2.78 bits per heavy atom. The molecule has 0 aliphatic rings. The minimum Gasteiger partial charge on any atom is -0.383 e. The average Bonchev–Trinajstić information content (AvgIpc) is 3.11. The Morgan fingerprint density at radius 1 is 1.04 bits per heavy atom. The van der Waals surface area contributed by atoms with Crippen molar-refractivity contribution in [1.82, 2.24) is 20.2 Å². The molecule has 27 heavy (non-hydrogen) atoms. The van der Waals surface area contributed by atoms with Gasteiger partial charge in [0.25, 0.3) is 0 Å². The van der Waals surface area contributed by atoms with E-state index in [4.69, 9.17) is 5.73 Å². The number of aryl methyl sites for hydroxylation is 1. The van der Waals surface area contributed by atoms with Crippen molar-refractivity contribution in [3.8, 4) is 0 Å². The molecule has 0 saturated carbocycles. The van der Waals surface area contributed by atoms with E-state index in [1.54, 1.807) is 11.8 Å². The zero-order valence-corrected chi connectivity index (χ0v) is 16.6. The van der Waals surface area contributed by atoms with Gasteiger partial charge in [-0.05, 0) is 43.2 Å². The van der Waals surface area contributed by atoms with E-state index in [0.29, 0.717) is 17.4 Å². The average molecular weight is 395 g/mol. The first-order valence-electron chi connectivity index (χ1n) is 8.41. The molecule has 3 N–H and O–H groups in total. The summed E-state index contributed by atoms with van der Waals surface area (Å²) in [6, 6.07) is 13.9. The maximum absolute atomic E-state index is 6.05. The molecular formula is C19H18N6S2. The van der Waals surface area contributed by atoms with Crippen LogP contribution in [-0.2, 0) is 5.75 Å². The number of rotatable bonds is 5. The number of aromatic nitrogens is 4. The monoisotopic (exact) mass is 394 g/mol. The van der Waals surface area contributed by atoms with Gasteiger partial charge in [-0.1, -0.05) is 47.4 Å². The van der Waals surface area contributed by atoms with E-state index in [0.717, 1.165) is 26.1 Å².